The Hall–Kier alpha value is -0.740. The van der Waals surface area contributed by atoms with Gasteiger partial charge in [0, 0.05) is 16.2 Å². The third kappa shape index (κ3) is 9.18. The first kappa shape index (κ1) is 25.5. The first-order valence-corrected chi connectivity index (χ1v) is 14.0. The van der Waals surface area contributed by atoms with E-state index in [1.54, 1.807) is 0 Å². The van der Waals surface area contributed by atoms with Crippen LogP contribution >= 0.6 is 31.9 Å². The fourth-order valence-electron chi connectivity index (χ4n) is 3.77. The van der Waals surface area contributed by atoms with E-state index in [2.05, 4.69) is 69.1 Å². The van der Waals surface area contributed by atoms with Crippen molar-refractivity contribution in [1.29, 1.82) is 0 Å². The lowest BCUT2D eigenvalue weighted by atomic mass is 10.0. The van der Waals surface area contributed by atoms with Crippen LogP contribution in [0.25, 0.3) is 10.8 Å². The Morgan fingerprint density at radius 3 is 1.90 bits per heavy atom. The molecule has 30 heavy (non-hydrogen) atoms. The lowest BCUT2D eigenvalue weighted by Crippen LogP contribution is -2.01. The number of fused-ring (bicyclic) bond motifs is 1. The van der Waals surface area contributed by atoms with Crippen molar-refractivity contribution in [3.8, 4) is 11.5 Å². The molecule has 0 aliphatic carbocycles. The van der Waals surface area contributed by atoms with Gasteiger partial charge in [-0.25, -0.2) is 0 Å². The monoisotopic (exact) mass is 540 g/mol. The van der Waals surface area contributed by atoms with Gasteiger partial charge in [-0.05, 0) is 61.1 Å². The molecule has 2 aromatic rings. The number of hydrogen-bond donors (Lipinski definition) is 0. The van der Waals surface area contributed by atoms with Crippen LogP contribution in [0.3, 0.4) is 0 Å². The van der Waals surface area contributed by atoms with Crippen LogP contribution in [-0.4, -0.2) is 23.9 Å². The lowest BCUT2D eigenvalue weighted by molar-refractivity contribution is 0.302. The summed E-state index contributed by atoms with van der Waals surface area (Å²) < 4.78 is 12.1. The van der Waals surface area contributed by atoms with Crippen LogP contribution in [0.2, 0.25) is 0 Å². The maximum absolute atomic E-state index is 6.15. The Morgan fingerprint density at radius 1 is 0.667 bits per heavy atom. The van der Waals surface area contributed by atoms with E-state index < -0.39 is 0 Å². The predicted molar refractivity (Wildman–Crippen MR) is 138 cm³/mol. The average molecular weight is 542 g/mol. The number of rotatable bonds is 17. The van der Waals surface area contributed by atoms with Crippen molar-refractivity contribution >= 4 is 42.6 Å². The molecular weight excluding hydrogens is 504 g/mol. The summed E-state index contributed by atoms with van der Waals surface area (Å²) in [6.45, 7) is 3.82. The summed E-state index contributed by atoms with van der Waals surface area (Å²) >= 11 is 6.98. The Kier molecular flexibility index (Phi) is 13.6. The van der Waals surface area contributed by atoms with Gasteiger partial charge < -0.3 is 9.47 Å². The fourth-order valence-corrected chi connectivity index (χ4v) is 4.56. The van der Waals surface area contributed by atoms with Crippen molar-refractivity contribution in [3.05, 3.63) is 35.9 Å². The molecule has 0 saturated carbocycles. The molecule has 2 nitrogen and oxygen atoms in total. The molecule has 0 aliphatic heterocycles. The molecule has 0 spiro atoms. The molecule has 0 radical (unpaired) electrons. The van der Waals surface area contributed by atoms with Gasteiger partial charge in [-0.15, -0.1) is 0 Å². The van der Waals surface area contributed by atoms with E-state index in [-0.39, 0.29) is 0 Å². The van der Waals surface area contributed by atoms with E-state index in [1.165, 1.54) is 67.7 Å². The first-order chi connectivity index (χ1) is 14.8. The van der Waals surface area contributed by atoms with Gasteiger partial charge in [0.15, 0.2) is 0 Å². The minimum absolute atomic E-state index is 0.803. The summed E-state index contributed by atoms with van der Waals surface area (Å²) in [5.41, 5.74) is 1.31. The van der Waals surface area contributed by atoms with Gasteiger partial charge in [0.05, 0.1) is 13.2 Å². The molecule has 2 rings (SSSR count). The normalized spacial score (nSPS) is 11.2. The fraction of sp³-hybridized carbons (Fsp3) is 0.615. The summed E-state index contributed by atoms with van der Waals surface area (Å²) in [6, 6.07) is 10.8. The van der Waals surface area contributed by atoms with E-state index >= 15 is 0 Å². The number of hydrogen-bond acceptors (Lipinski definition) is 2. The molecule has 4 heteroatoms. The van der Waals surface area contributed by atoms with Crippen LogP contribution in [0, 0.1) is 0 Å². The highest BCUT2D eigenvalue weighted by atomic mass is 79.9. The van der Waals surface area contributed by atoms with Crippen molar-refractivity contribution in [3.63, 3.8) is 0 Å². The van der Waals surface area contributed by atoms with Crippen molar-refractivity contribution in [2.75, 3.05) is 23.9 Å². The van der Waals surface area contributed by atoms with Gasteiger partial charge in [-0.3, -0.25) is 0 Å². The predicted octanol–water partition coefficient (Wildman–Crippen LogP) is 8.85. The van der Waals surface area contributed by atoms with E-state index in [9.17, 15) is 0 Å². The zero-order valence-corrected chi connectivity index (χ0v) is 21.7. The smallest absolute Gasteiger partial charge is 0.123 e. The Bertz CT molecular complexity index is 717. The SMILES string of the molecule is CCc1c(OCCCCCCCBr)ccc2cc(OCCCCCCCBr)ccc12. The first-order valence-electron chi connectivity index (χ1n) is 11.7. The maximum atomic E-state index is 6.15. The van der Waals surface area contributed by atoms with Crippen LogP contribution < -0.4 is 9.47 Å². The average Bonchev–Trinajstić information content (AvgIpc) is 2.77. The molecule has 168 valence electrons. The molecule has 0 bridgehead atoms. The standard InChI is InChI=1S/C26H38Br2O2/c1-2-24-25-15-14-23(29-19-11-7-3-5-9-17-27)21-22(25)13-16-26(24)30-20-12-8-4-6-10-18-28/h13-16,21H,2-12,17-20H2,1H3. The van der Waals surface area contributed by atoms with E-state index in [0.717, 1.165) is 54.6 Å². The van der Waals surface area contributed by atoms with Gasteiger partial charge in [-0.1, -0.05) is 89.4 Å². The van der Waals surface area contributed by atoms with E-state index in [1.807, 2.05) is 0 Å². The van der Waals surface area contributed by atoms with Crippen LogP contribution in [-0.2, 0) is 6.42 Å². The van der Waals surface area contributed by atoms with Gasteiger partial charge in [0.1, 0.15) is 11.5 Å². The van der Waals surface area contributed by atoms with E-state index in [0.29, 0.717) is 0 Å². The number of halogens is 2. The molecular formula is C26H38Br2O2. The molecule has 0 N–H and O–H groups in total. The second-order valence-corrected chi connectivity index (χ2v) is 9.48. The largest absolute Gasteiger partial charge is 0.494 e. The van der Waals surface area contributed by atoms with Crippen molar-refractivity contribution < 1.29 is 9.47 Å². The van der Waals surface area contributed by atoms with Crippen LogP contribution in [0.1, 0.15) is 76.7 Å². The Labute approximate surface area is 200 Å². The van der Waals surface area contributed by atoms with Gasteiger partial charge in [0.25, 0.3) is 0 Å². The summed E-state index contributed by atoms with van der Waals surface area (Å²) in [5.74, 6) is 2.02. The molecule has 0 fully saturated rings. The summed E-state index contributed by atoms with van der Waals surface area (Å²) in [6.07, 6.45) is 13.5. The lowest BCUT2D eigenvalue weighted by Gasteiger charge is -2.14. The second-order valence-electron chi connectivity index (χ2n) is 7.89. The number of unbranched alkanes of at least 4 members (excludes halogenated alkanes) is 8. The maximum Gasteiger partial charge on any atom is 0.123 e. The highest BCUT2D eigenvalue weighted by molar-refractivity contribution is 9.09. The van der Waals surface area contributed by atoms with Crippen molar-refractivity contribution in [2.45, 2.75) is 77.6 Å². The van der Waals surface area contributed by atoms with Gasteiger partial charge in [-0.2, -0.15) is 0 Å². The molecule has 0 atom stereocenters. The third-order valence-corrected chi connectivity index (χ3v) is 6.62. The molecule has 0 amide bonds. The highest BCUT2D eigenvalue weighted by Crippen LogP contribution is 2.31. The van der Waals surface area contributed by atoms with Crippen LogP contribution in [0.4, 0.5) is 0 Å². The minimum atomic E-state index is 0.803. The molecule has 0 aliphatic rings. The molecule has 0 aromatic heterocycles. The quantitative estimate of drug-likeness (QED) is 0.147. The van der Waals surface area contributed by atoms with Crippen LogP contribution in [0.15, 0.2) is 30.3 Å². The molecule has 0 heterocycles. The summed E-state index contributed by atoms with van der Waals surface area (Å²) in [4.78, 5) is 0. The Morgan fingerprint density at radius 2 is 1.27 bits per heavy atom. The topological polar surface area (TPSA) is 18.5 Å². The number of aryl methyl sites for hydroxylation is 1. The van der Waals surface area contributed by atoms with Gasteiger partial charge in [0.2, 0.25) is 0 Å². The molecule has 0 unspecified atom stereocenters. The van der Waals surface area contributed by atoms with E-state index in [4.69, 9.17) is 9.47 Å². The highest BCUT2D eigenvalue weighted by Gasteiger charge is 2.08. The second kappa shape index (κ2) is 16.0. The molecule has 2 aromatic carbocycles. The summed E-state index contributed by atoms with van der Waals surface area (Å²) in [5, 5.41) is 4.76. The van der Waals surface area contributed by atoms with Gasteiger partial charge >= 0.3 is 0 Å². The van der Waals surface area contributed by atoms with Crippen molar-refractivity contribution in [1.82, 2.24) is 0 Å². The number of ether oxygens (including phenoxy) is 2. The Balaban J connectivity index is 1.84. The molecule has 0 saturated heterocycles. The third-order valence-electron chi connectivity index (χ3n) is 5.50. The number of benzene rings is 2. The van der Waals surface area contributed by atoms with Crippen LogP contribution in [0.5, 0.6) is 11.5 Å². The zero-order valence-electron chi connectivity index (χ0n) is 18.6. The minimum Gasteiger partial charge on any atom is -0.494 e. The zero-order chi connectivity index (χ0) is 21.4. The summed E-state index contributed by atoms with van der Waals surface area (Å²) in [7, 11) is 0. The number of alkyl halides is 2. The van der Waals surface area contributed by atoms with Crippen molar-refractivity contribution in [2.24, 2.45) is 0 Å².